The summed E-state index contributed by atoms with van der Waals surface area (Å²) in [6, 6.07) is 19.7. The van der Waals surface area contributed by atoms with Crippen LogP contribution in [0.4, 0.5) is 11.4 Å². The molecular weight excluding hydrogens is 499 g/mol. The van der Waals surface area contributed by atoms with E-state index < -0.39 is 0 Å². The molecule has 4 nitrogen and oxygen atoms in total. The lowest BCUT2D eigenvalue weighted by molar-refractivity contribution is 0.122. The van der Waals surface area contributed by atoms with Crippen molar-refractivity contribution >= 4 is 56.7 Å². The van der Waals surface area contributed by atoms with Gasteiger partial charge < -0.3 is 14.4 Å². The van der Waals surface area contributed by atoms with E-state index in [1.165, 1.54) is 5.69 Å². The van der Waals surface area contributed by atoms with E-state index in [9.17, 15) is 0 Å². The Morgan fingerprint density at radius 2 is 1.61 bits per heavy atom. The lowest BCUT2D eigenvalue weighted by atomic mass is 10.2. The van der Waals surface area contributed by atoms with Crippen molar-refractivity contribution in [2.24, 2.45) is 4.99 Å². The third kappa shape index (κ3) is 6.01. The topological polar surface area (TPSA) is 34.1 Å². The van der Waals surface area contributed by atoms with Gasteiger partial charge in [-0.05, 0) is 59.7 Å². The van der Waals surface area contributed by atoms with Crippen LogP contribution in [0.15, 0.2) is 70.1 Å². The van der Waals surface area contributed by atoms with Gasteiger partial charge in [0.15, 0.2) is 5.75 Å². The lowest BCUT2D eigenvalue weighted by Gasteiger charge is -2.28. The molecule has 0 N–H and O–H groups in total. The van der Waals surface area contributed by atoms with Crippen molar-refractivity contribution in [2.45, 2.75) is 6.61 Å². The molecule has 160 valence electrons. The number of hydrogen-bond acceptors (Lipinski definition) is 4. The molecule has 0 radical (unpaired) electrons. The zero-order chi connectivity index (χ0) is 21.6. The van der Waals surface area contributed by atoms with Crippen LogP contribution in [0.3, 0.4) is 0 Å². The highest BCUT2D eigenvalue weighted by molar-refractivity contribution is 9.10. The summed E-state index contributed by atoms with van der Waals surface area (Å²) in [6.45, 7) is 3.75. The van der Waals surface area contributed by atoms with Crippen LogP contribution in [0, 0.1) is 0 Å². The molecular formula is C24H21BrCl2N2O2. The summed E-state index contributed by atoms with van der Waals surface area (Å²) >= 11 is 16.3. The number of anilines is 1. The Bertz CT molecular complexity index is 1030. The fraction of sp³-hybridized carbons (Fsp3) is 0.208. The number of rotatable bonds is 6. The van der Waals surface area contributed by atoms with Crippen molar-refractivity contribution in [3.63, 3.8) is 0 Å². The maximum atomic E-state index is 6.42. The summed E-state index contributed by atoms with van der Waals surface area (Å²) in [7, 11) is 0. The molecule has 3 aromatic rings. The minimum absolute atomic E-state index is 0.385. The molecule has 0 aliphatic carbocycles. The molecule has 1 saturated heterocycles. The third-order valence-electron chi connectivity index (χ3n) is 4.91. The van der Waals surface area contributed by atoms with Crippen LogP contribution in [0.1, 0.15) is 11.1 Å². The van der Waals surface area contributed by atoms with Gasteiger partial charge in [-0.1, -0.05) is 51.3 Å². The number of nitrogens with zero attached hydrogens (tertiary/aromatic N) is 2. The molecule has 0 aromatic heterocycles. The predicted molar refractivity (Wildman–Crippen MR) is 132 cm³/mol. The molecule has 0 atom stereocenters. The highest BCUT2D eigenvalue weighted by Gasteiger charge is 2.11. The molecule has 4 rings (SSSR count). The standard InChI is InChI=1S/C24H21BrCl2N2O2/c25-19-3-1-17(2-4-19)16-31-24-22(26)13-18(14-23(24)27)15-28-20-5-7-21(8-6-20)29-9-11-30-12-10-29/h1-8,13-15H,9-12,16H2. The summed E-state index contributed by atoms with van der Waals surface area (Å²) in [6.07, 6.45) is 1.75. The zero-order valence-corrected chi connectivity index (χ0v) is 19.8. The first-order valence-corrected chi connectivity index (χ1v) is 11.5. The summed E-state index contributed by atoms with van der Waals surface area (Å²) in [5.41, 5.74) is 3.88. The van der Waals surface area contributed by atoms with E-state index in [0.29, 0.717) is 22.4 Å². The van der Waals surface area contributed by atoms with E-state index in [-0.39, 0.29) is 0 Å². The highest BCUT2D eigenvalue weighted by Crippen LogP contribution is 2.34. The largest absolute Gasteiger partial charge is 0.486 e. The number of halogens is 3. The SMILES string of the molecule is Clc1cc(C=Nc2ccc(N3CCOCC3)cc2)cc(Cl)c1OCc1ccc(Br)cc1. The Hall–Kier alpha value is -2.05. The molecule has 1 aliphatic heterocycles. The van der Waals surface area contributed by atoms with Crippen LogP contribution in [0.25, 0.3) is 0 Å². The average Bonchev–Trinajstić information content (AvgIpc) is 2.79. The quantitative estimate of drug-likeness (QED) is 0.331. The summed E-state index contributed by atoms with van der Waals surface area (Å²) in [5, 5.41) is 0.905. The fourth-order valence-electron chi connectivity index (χ4n) is 3.25. The molecule has 1 aliphatic rings. The van der Waals surface area contributed by atoms with Gasteiger partial charge in [-0.2, -0.15) is 0 Å². The number of ether oxygens (including phenoxy) is 2. The Labute approximate surface area is 200 Å². The molecule has 7 heteroatoms. The second kappa shape index (κ2) is 10.5. The third-order valence-corrected chi connectivity index (χ3v) is 6.00. The molecule has 31 heavy (non-hydrogen) atoms. The summed E-state index contributed by atoms with van der Waals surface area (Å²) in [5.74, 6) is 0.471. The fourth-order valence-corrected chi connectivity index (χ4v) is 4.13. The first-order chi connectivity index (χ1) is 15.1. The maximum Gasteiger partial charge on any atom is 0.157 e. The normalized spacial score (nSPS) is 14.2. The highest BCUT2D eigenvalue weighted by atomic mass is 79.9. The number of morpholine rings is 1. The van der Waals surface area contributed by atoms with Crippen molar-refractivity contribution in [1.82, 2.24) is 0 Å². The molecule has 3 aromatic carbocycles. The van der Waals surface area contributed by atoms with Crippen LogP contribution >= 0.6 is 39.1 Å². The Morgan fingerprint density at radius 1 is 0.968 bits per heavy atom. The van der Waals surface area contributed by atoms with E-state index >= 15 is 0 Å². The van der Waals surface area contributed by atoms with E-state index in [0.717, 1.165) is 47.6 Å². The van der Waals surface area contributed by atoms with Crippen molar-refractivity contribution in [1.29, 1.82) is 0 Å². The molecule has 1 heterocycles. The smallest absolute Gasteiger partial charge is 0.157 e. The van der Waals surface area contributed by atoms with Gasteiger partial charge in [-0.15, -0.1) is 0 Å². The summed E-state index contributed by atoms with van der Waals surface area (Å²) < 4.78 is 12.3. The Balaban J connectivity index is 1.41. The van der Waals surface area contributed by atoms with Gasteiger partial charge >= 0.3 is 0 Å². The van der Waals surface area contributed by atoms with Crippen LogP contribution in [0.2, 0.25) is 10.0 Å². The van der Waals surface area contributed by atoms with E-state index in [4.69, 9.17) is 32.7 Å². The van der Waals surface area contributed by atoms with E-state index in [1.807, 2.05) is 36.4 Å². The van der Waals surface area contributed by atoms with Gasteiger partial charge in [-0.3, -0.25) is 4.99 Å². The van der Waals surface area contributed by atoms with E-state index in [1.54, 1.807) is 18.3 Å². The maximum absolute atomic E-state index is 6.42. The molecule has 0 amide bonds. The number of benzene rings is 3. The minimum atomic E-state index is 0.385. The van der Waals surface area contributed by atoms with Crippen molar-refractivity contribution in [3.8, 4) is 5.75 Å². The number of hydrogen-bond donors (Lipinski definition) is 0. The Kier molecular flexibility index (Phi) is 7.51. The van der Waals surface area contributed by atoms with Gasteiger partial charge in [-0.25, -0.2) is 0 Å². The van der Waals surface area contributed by atoms with E-state index in [2.05, 4.69) is 38.0 Å². The molecule has 0 unspecified atom stereocenters. The van der Waals surface area contributed by atoms with Crippen LogP contribution < -0.4 is 9.64 Å². The summed E-state index contributed by atoms with van der Waals surface area (Å²) in [4.78, 5) is 6.85. The van der Waals surface area contributed by atoms with Crippen LogP contribution in [-0.2, 0) is 11.3 Å². The van der Waals surface area contributed by atoms with Gasteiger partial charge in [0.05, 0.1) is 28.9 Å². The Morgan fingerprint density at radius 3 is 2.26 bits per heavy atom. The van der Waals surface area contributed by atoms with Gasteiger partial charge in [0, 0.05) is 29.5 Å². The van der Waals surface area contributed by atoms with Crippen molar-refractivity contribution in [3.05, 3.63) is 86.3 Å². The van der Waals surface area contributed by atoms with Crippen molar-refractivity contribution < 1.29 is 9.47 Å². The number of aliphatic imine (C=N–C) groups is 1. The zero-order valence-electron chi connectivity index (χ0n) is 16.7. The van der Waals surface area contributed by atoms with Gasteiger partial charge in [0.1, 0.15) is 6.61 Å². The van der Waals surface area contributed by atoms with Gasteiger partial charge in [0.25, 0.3) is 0 Å². The average molecular weight is 520 g/mol. The molecule has 1 fully saturated rings. The van der Waals surface area contributed by atoms with Gasteiger partial charge in [0.2, 0.25) is 0 Å². The van der Waals surface area contributed by atoms with Crippen LogP contribution in [0.5, 0.6) is 5.75 Å². The molecule has 0 saturated carbocycles. The second-order valence-electron chi connectivity index (χ2n) is 7.10. The molecule has 0 spiro atoms. The first kappa shape index (κ1) is 22.2. The van der Waals surface area contributed by atoms with Crippen LogP contribution in [-0.4, -0.2) is 32.5 Å². The minimum Gasteiger partial charge on any atom is -0.486 e. The second-order valence-corrected chi connectivity index (χ2v) is 8.83. The lowest BCUT2D eigenvalue weighted by Crippen LogP contribution is -2.36. The monoisotopic (exact) mass is 518 g/mol. The first-order valence-electron chi connectivity index (χ1n) is 9.91. The van der Waals surface area contributed by atoms with Crippen molar-refractivity contribution in [2.75, 3.05) is 31.2 Å². The predicted octanol–water partition coefficient (Wildman–Crippen LogP) is 6.92. The molecule has 0 bridgehead atoms.